The second-order valence-corrected chi connectivity index (χ2v) is 11.8. The zero-order valence-electron chi connectivity index (χ0n) is 24.5. The van der Waals surface area contributed by atoms with Gasteiger partial charge in [-0.1, -0.05) is 53.0 Å². The van der Waals surface area contributed by atoms with E-state index in [0.717, 1.165) is 57.9 Å². The first kappa shape index (κ1) is 31.8. The summed E-state index contributed by atoms with van der Waals surface area (Å²) in [4.78, 5) is 19.4. The SMILES string of the molecule is CCN(CC)c1ccc(-c2nc3cc(C(CC(N)=O)NCc4ccc(Cl)c(Cl)c4)ccc3n2Cc2ccc(F)c(Cl)c2)cc1. The monoisotopic (exact) mass is 651 g/mol. The molecular weight excluding hydrogens is 620 g/mol. The number of anilines is 1. The van der Waals surface area contributed by atoms with E-state index in [2.05, 4.69) is 52.9 Å². The number of amides is 1. The summed E-state index contributed by atoms with van der Waals surface area (Å²) in [5.74, 6) is -0.125. The minimum Gasteiger partial charge on any atom is -0.372 e. The molecular formula is C34H33Cl3FN5O. The Hall–Kier alpha value is -3.62. The molecule has 0 fully saturated rings. The number of aromatic nitrogens is 2. The van der Waals surface area contributed by atoms with Crippen molar-refractivity contribution in [3.05, 3.63) is 116 Å². The molecule has 1 heterocycles. The summed E-state index contributed by atoms with van der Waals surface area (Å²) in [6.07, 6.45) is 0.0985. The van der Waals surface area contributed by atoms with Crippen LogP contribution in [0.2, 0.25) is 15.1 Å². The fourth-order valence-electron chi connectivity index (χ4n) is 5.37. The molecule has 0 aliphatic heterocycles. The van der Waals surface area contributed by atoms with Crippen LogP contribution in [0.5, 0.6) is 0 Å². The summed E-state index contributed by atoms with van der Waals surface area (Å²) in [5, 5.41) is 4.45. The van der Waals surface area contributed by atoms with Gasteiger partial charge in [0.1, 0.15) is 11.6 Å². The first-order chi connectivity index (χ1) is 21.2. The third-order valence-electron chi connectivity index (χ3n) is 7.70. The Morgan fingerprint density at radius 1 is 0.909 bits per heavy atom. The minimum atomic E-state index is -0.461. The molecule has 0 saturated carbocycles. The number of rotatable bonds is 12. The highest BCUT2D eigenvalue weighted by atomic mass is 35.5. The van der Waals surface area contributed by atoms with E-state index in [-0.39, 0.29) is 17.5 Å². The van der Waals surface area contributed by atoms with E-state index in [1.807, 2.05) is 24.3 Å². The zero-order valence-corrected chi connectivity index (χ0v) is 26.7. The number of fused-ring (bicyclic) bond motifs is 1. The van der Waals surface area contributed by atoms with Crippen molar-refractivity contribution in [2.24, 2.45) is 5.73 Å². The Bertz CT molecular complexity index is 1790. The minimum absolute atomic E-state index is 0.0710. The lowest BCUT2D eigenvalue weighted by Gasteiger charge is -2.21. The van der Waals surface area contributed by atoms with E-state index >= 15 is 0 Å². The van der Waals surface area contributed by atoms with E-state index in [1.54, 1.807) is 24.3 Å². The van der Waals surface area contributed by atoms with Crippen molar-refractivity contribution in [3.63, 3.8) is 0 Å². The van der Waals surface area contributed by atoms with Crippen LogP contribution in [-0.2, 0) is 17.9 Å². The summed E-state index contributed by atoms with van der Waals surface area (Å²) in [6, 6.07) is 24.1. The molecule has 4 aromatic carbocycles. The Morgan fingerprint density at radius 3 is 2.27 bits per heavy atom. The van der Waals surface area contributed by atoms with Gasteiger partial charge in [0.15, 0.2) is 0 Å². The number of benzene rings is 4. The lowest BCUT2D eigenvalue weighted by molar-refractivity contribution is -0.118. The molecule has 1 atom stereocenters. The Morgan fingerprint density at radius 2 is 1.61 bits per heavy atom. The highest BCUT2D eigenvalue weighted by molar-refractivity contribution is 6.42. The molecule has 6 nitrogen and oxygen atoms in total. The van der Waals surface area contributed by atoms with Crippen LogP contribution in [0.4, 0.5) is 10.1 Å². The fraction of sp³-hybridized carbons (Fsp3) is 0.235. The van der Waals surface area contributed by atoms with Crippen molar-refractivity contribution in [1.82, 2.24) is 14.9 Å². The number of nitrogens with zero attached hydrogens (tertiary/aromatic N) is 3. The Balaban J connectivity index is 1.54. The van der Waals surface area contributed by atoms with Crippen LogP contribution in [0.3, 0.4) is 0 Å². The number of nitrogens with two attached hydrogens (primary N) is 1. The summed E-state index contributed by atoms with van der Waals surface area (Å²) >= 11 is 18.4. The van der Waals surface area contributed by atoms with Gasteiger partial charge < -0.3 is 20.5 Å². The number of imidazole rings is 1. The normalized spacial score (nSPS) is 12.0. The quantitative estimate of drug-likeness (QED) is 0.142. The molecule has 0 spiro atoms. The van der Waals surface area contributed by atoms with Gasteiger partial charge in [-0.15, -0.1) is 0 Å². The van der Waals surface area contributed by atoms with Gasteiger partial charge in [-0.2, -0.15) is 0 Å². The molecule has 0 aliphatic rings. The predicted molar refractivity (Wildman–Crippen MR) is 179 cm³/mol. The maximum atomic E-state index is 13.9. The van der Waals surface area contributed by atoms with Gasteiger partial charge in [-0.25, -0.2) is 9.37 Å². The summed E-state index contributed by atoms with van der Waals surface area (Å²) in [7, 11) is 0. The topological polar surface area (TPSA) is 76.2 Å². The van der Waals surface area contributed by atoms with Crippen molar-refractivity contribution in [1.29, 1.82) is 0 Å². The van der Waals surface area contributed by atoms with Crippen molar-refractivity contribution in [2.45, 2.75) is 39.4 Å². The van der Waals surface area contributed by atoms with Crippen molar-refractivity contribution in [2.75, 3.05) is 18.0 Å². The van der Waals surface area contributed by atoms with E-state index < -0.39 is 11.7 Å². The average molecular weight is 653 g/mol. The molecule has 44 heavy (non-hydrogen) atoms. The van der Waals surface area contributed by atoms with E-state index in [0.29, 0.717) is 23.1 Å². The molecule has 3 N–H and O–H groups in total. The van der Waals surface area contributed by atoms with Crippen LogP contribution in [0.25, 0.3) is 22.4 Å². The molecule has 0 radical (unpaired) electrons. The number of carbonyl (C=O) groups is 1. The van der Waals surface area contributed by atoms with Gasteiger partial charge in [0.25, 0.3) is 0 Å². The Kier molecular flexibility index (Phi) is 10.1. The van der Waals surface area contributed by atoms with Gasteiger partial charge >= 0.3 is 0 Å². The lowest BCUT2D eigenvalue weighted by Crippen LogP contribution is -2.26. The Labute approximate surface area is 271 Å². The lowest BCUT2D eigenvalue weighted by atomic mass is 10.0. The van der Waals surface area contributed by atoms with Crippen LogP contribution in [0.15, 0.2) is 78.9 Å². The molecule has 228 valence electrons. The number of carbonyl (C=O) groups excluding carboxylic acids is 1. The number of halogens is 4. The van der Waals surface area contributed by atoms with Crippen molar-refractivity contribution in [3.8, 4) is 11.4 Å². The maximum absolute atomic E-state index is 13.9. The third-order valence-corrected chi connectivity index (χ3v) is 8.72. The van der Waals surface area contributed by atoms with Crippen LogP contribution >= 0.6 is 34.8 Å². The molecule has 1 amide bonds. The smallest absolute Gasteiger partial charge is 0.219 e. The van der Waals surface area contributed by atoms with Crippen molar-refractivity contribution >= 4 is 57.4 Å². The third kappa shape index (κ3) is 7.19. The first-order valence-electron chi connectivity index (χ1n) is 14.4. The first-order valence-corrected chi connectivity index (χ1v) is 15.5. The van der Waals surface area contributed by atoms with Gasteiger partial charge in [0.2, 0.25) is 5.91 Å². The fourth-order valence-corrected chi connectivity index (χ4v) is 5.90. The summed E-state index contributed by atoms with van der Waals surface area (Å²) < 4.78 is 16.0. The molecule has 1 unspecified atom stereocenters. The molecule has 5 rings (SSSR count). The highest BCUT2D eigenvalue weighted by Gasteiger charge is 2.19. The molecule has 10 heteroatoms. The molecule has 0 aliphatic carbocycles. The molecule has 1 aromatic heterocycles. The molecule has 0 saturated heterocycles. The number of primary amides is 1. The van der Waals surface area contributed by atoms with Crippen LogP contribution in [0.1, 0.15) is 43.0 Å². The van der Waals surface area contributed by atoms with Crippen LogP contribution < -0.4 is 16.0 Å². The van der Waals surface area contributed by atoms with Gasteiger partial charge in [-0.05, 0) is 91.2 Å². The van der Waals surface area contributed by atoms with Crippen molar-refractivity contribution < 1.29 is 9.18 Å². The van der Waals surface area contributed by atoms with E-state index in [4.69, 9.17) is 45.5 Å². The predicted octanol–water partition coefficient (Wildman–Crippen LogP) is 8.40. The van der Waals surface area contributed by atoms with Gasteiger partial charge in [0.05, 0.1) is 26.1 Å². The van der Waals surface area contributed by atoms with E-state index in [9.17, 15) is 9.18 Å². The largest absolute Gasteiger partial charge is 0.372 e. The number of hydrogen-bond donors (Lipinski definition) is 2. The van der Waals surface area contributed by atoms with Crippen LogP contribution in [-0.4, -0.2) is 28.5 Å². The summed E-state index contributed by atoms with van der Waals surface area (Å²) in [5.41, 5.74) is 12.0. The number of hydrogen-bond acceptors (Lipinski definition) is 4. The zero-order chi connectivity index (χ0) is 31.4. The number of nitrogens with one attached hydrogen (secondary N) is 1. The second kappa shape index (κ2) is 14.0. The molecule has 5 aromatic rings. The standard InChI is InChI=1S/C34H33Cl3FN5O/c1-3-42(4-2)25-10-7-23(8-11-25)34-41-31-17-24(9-14-32(31)43(34)20-22-6-13-29(38)28(37)16-22)30(18-33(39)44)40-19-21-5-12-26(35)27(36)15-21/h5-17,30,40H,3-4,18-20H2,1-2H3,(H2,39,44). The second-order valence-electron chi connectivity index (χ2n) is 10.6. The highest BCUT2D eigenvalue weighted by Crippen LogP contribution is 2.31. The molecule has 0 bridgehead atoms. The van der Waals surface area contributed by atoms with Gasteiger partial charge in [-0.3, -0.25) is 4.79 Å². The summed E-state index contributed by atoms with van der Waals surface area (Å²) in [6.45, 7) is 6.97. The van der Waals surface area contributed by atoms with Crippen LogP contribution in [0, 0.1) is 5.82 Å². The van der Waals surface area contributed by atoms with Gasteiger partial charge in [0, 0.05) is 49.9 Å². The maximum Gasteiger partial charge on any atom is 0.219 e. The average Bonchev–Trinajstić information content (AvgIpc) is 3.37. The van der Waals surface area contributed by atoms with E-state index in [1.165, 1.54) is 6.07 Å².